The normalized spacial score (nSPS) is 17.4. The molecule has 0 bridgehead atoms. The van der Waals surface area contributed by atoms with Crippen LogP contribution in [0.1, 0.15) is 86.5 Å². The van der Waals surface area contributed by atoms with E-state index in [9.17, 15) is 9.59 Å². The van der Waals surface area contributed by atoms with Crippen LogP contribution in [0.2, 0.25) is 10.0 Å². The van der Waals surface area contributed by atoms with Crippen molar-refractivity contribution in [2.45, 2.75) is 61.7 Å². The van der Waals surface area contributed by atoms with Crippen LogP contribution in [0.4, 0.5) is 0 Å². The lowest BCUT2D eigenvalue weighted by Crippen LogP contribution is -2.38. The van der Waals surface area contributed by atoms with Crippen molar-refractivity contribution in [1.29, 1.82) is 0 Å². The fourth-order valence-corrected chi connectivity index (χ4v) is 9.09. The second-order valence-corrected chi connectivity index (χ2v) is 16.9. The molecule has 2 fully saturated rings. The van der Waals surface area contributed by atoms with Crippen LogP contribution in [0.3, 0.4) is 0 Å². The molecule has 2 aliphatic rings. The quantitative estimate of drug-likeness (QED) is 0.146. The number of tetrazole rings is 2. The lowest BCUT2D eigenvalue weighted by atomic mass is 10.0. The van der Waals surface area contributed by atoms with Crippen LogP contribution in [0, 0.1) is 6.92 Å². The van der Waals surface area contributed by atoms with E-state index in [2.05, 4.69) is 30.8 Å². The highest BCUT2D eigenvalue weighted by Gasteiger charge is 2.34. The van der Waals surface area contributed by atoms with E-state index in [0.717, 1.165) is 68.7 Å². The fourth-order valence-electron chi connectivity index (χ4n) is 6.40. The smallest absolute Gasteiger partial charge is 0.264 e. The van der Waals surface area contributed by atoms with Gasteiger partial charge in [0.25, 0.3) is 11.8 Å². The molecule has 0 aliphatic carbocycles. The average molecular weight is 808 g/mol. The Bertz CT molecular complexity index is 2200. The molecule has 0 N–H and O–H groups in total. The van der Waals surface area contributed by atoms with Gasteiger partial charge in [-0.05, 0) is 123 Å². The number of hydrogen-bond donors (Lipinski definition) is 0. The van der Waals surface area contributed by atoms with E-state index in [1.807, 2.05) is 71.5 Å². The Morgan fingerprint density at radius 2 is 1.21 bits per heavy atom. The maximum Gasteiger partial charge on any atom is 0.264 e. The number of thiophene rings is 2. The number of nitrogens with zero attached hydrogens (tertiary/aromatic N) is 10. The van der Waals surface area contributed by atoms with Crippen LogP contribution in [0.15, 0.2) is 77.0 Å². The second-order valence-electron chi connectivity index (χ2n) is 12.6. The molecular weight excluding hydrogens is 772 g/mol. The number of hydrogen-bond acceptors (Lipinski definition) is 11. The summed E-state index contributed by atoms with van der Waals surface area (Å²) in [5, 5.41) is 27.1. The minimum absolute atomic E-state index is 0.0455. The van der Waals surface area contributed by atoms with Gasteiger partial charge in [-0.2, -0.15) is 0 Å². The van der Waals surface area contributed by atoms with Crippen LogP contribution in [0.5, 0.6) is 0 Å². The molecule has 2 amide bonds. The molecule has 12 nitrogen and oxygen atoms in total. The first-order chi connectivity index (χ1) is 25.8. The van der Waals surface area contributed by atoms with Gasteiger partial charge in [-0.1, -0.05) is 35.3 Å². The highest BCUT2D eigenvalue weighted by molar-refractivity contribution is 8.00. The molecule has 0 spiro atoms. The van der Waals surface area contributed by atoms with Gasteiger partial charge in [0.15, 0.2) is 11.6 Å². The molecule has 2 unspecified atom stereocenters. The van der Waals surface area contributed by atoms with Crippen molar-refractivity contribution in [2.24, 2.45) is 0 Å². The van der Waals surface area contributed by atoms with Gasteiger partial charge in [0.2, 0.25) is 0 Å². The number of amides is 2. The Morgan fingerprint density at radius 3 is 1.66 bits per heavy atom. The van der Waals surface area contributed by atoms with E-state index in [4.69, 9.17) is 23.2 Å². The Labute approximate surface area is 329 Å². The number of aryl methyl sites for hydroxylation is 1. The van der Waals surface area contributed by atoms with Gasteiger partial charge in [-0.25, -0.2) is 0 Å². The Hall–Kier alpha value is -4.15. The molecule has 2 aromatic carbocycles. The van der Waals surface area contributed by atoms with Crippen molar-refractivity contribution in [2.75, 3.05) is 19.3 Å². The van der Waals surface area contributed by atoms with Crippen LogP contribution in [-0.2, 0) is 0 Å². The first kappa shape index (κ1) is 37.2. The summed E-state index contributed by atoms with van der Waals surface area (Å²) >= 11 is 16.8. The maximum absolute atomic E-state index is 13.1. The average Bonchev–Trinajstić information content (AvgIpc) is 4.02. The van der Waals surface area contributed by atoms with E-state index < -0.39 is 0 Å². The number of aromatic nitrogens is 8. The molecule has 6 heterocycles. The molecule has 2 aliphatic heterocycles. The van der Waals surface area contributed by atoms with Crippen LogP contribution in [-0.4, -0.2) is 81.4 Å². The van der Waals surface area contributed by atoms with Crippen molar-refractivity contribution in [3.8, 4) is 11.4 Å². The lowest BCUT2D eigenvalue weighted by molar-refractivity contribution is 0.0598. The predicted octanol–water partition coefficient (Wildman–Crippen LogP) is 8.52. The summed E-state index contributed by atoms with van der Waals surface area (Å²) in [5.41, 5.74) is 1.50. The first-order valence-electron chi connectivity index (χ1n) is 17.2. The van der Waals surface area contributed by atoms with Crippen molar-refractivity contribution in [1.82, 2.24) is 50.2 Å². The van der Waals surface area contributed by atoms with Gasteiger partial charge in [0, 0.05) is 28.0 Å². The molecule has 6 aromatic rings. The second kappa shape index (κ2) is 16.9. The van der Waals surface area contributed by atoms with Crippen molar-refractivity contribution in [3.63, 3.8) is 0 Å². The van der Waals surface area contributed by atoms with Gasteiger partial charge < -0.3 is 9.80 Å². The van der Waals surface area contributed by atoms with E-state index in [0.29, 0.717) is 34.8 Å². The Kier molecular flexibility index (Phi) is 11.8. The van der Waals surface area contributed by atoms with Crippen LogP contribution in [0.25, 0.3) is 11.4 Å². The van der Waals surface area contributed by atoms with E-state index in [1.54, 1.807) is 36.0 Å². The standard InChI is InChI=1S/C18H18ClN5OS2.C18H18ClN5OS/c1-26-16-9-8-15(27-16)18(25)23-10-3-2-7-14(23)17-20-22-24(21-17)13-6-4-5-12(19)11-13;1-12-8-9-16(26-12)18(25)23-10-3-2-7-15(23)17-20-22-24(21-17)14-6-4-5-13(19)11-14/h4-6,8-9,11,14H,2-3,7,10H2,1H3;4-6,8-9,11,15H,2-3,7,10H2,1H3. The molecule has 0 radical (unpaired) electrons. The molecule has 4 aromatic heterocycles. The van der Waals surface area contributed by atoms with Crippen molar-refractivity contribution < 1.29 is 9.59 Å². The number of carbonyl (C=O) groups is 2. The number of likely N-dealkylation sites (tertiary alicyclic amines) is 2. The summed E-state index contributed by atoms with van der Waals surface area (Å²) in [4.78, 5) is 35.4. The minimum Gasteiger partial charge on any atom is -0.328 e. The van der Waals surface area contributed by atoms with Gasteiger partial charge in [0.05, 0.1) is 37.4 Å². The summed E-state index contributed by atoms with van der Waals surface area (Å²) in [6, 6.07) is 22.1. The highest BCUT2D eigenvalue weighted by Crippen LogP contribution is 2.34. The molecule has 2 saturated heterocycles. The molecule has 274 valence electrons. The molecule has 17 heteroatoms. The number of halogens is 2. The van der Waals surface area contributed by atoms with Crippen LogP contribution < -0.4 is 0 Å². The minimum atomic E-state index is -0.154. The zero-order valence-electron chi connectivity index (χ0n) is 29.0. The van der Waals surface area contributed by atoms with Gasteiger partial charge in [0.1, 0.15) is 0 Å². The third-order valence-electron chi connectivity index (χ3n) is 9.00. The number of carbonyl (C=O) groups excluding carboxylic acids is 2. The molecular formula is C36H36Cl2N10O2S3. The Balaban J connectivity index is 0.000000164. The summed E-state index contributed by atoms with van der Waals surface area (Å²) in [6.07, 6.45) is 7.78. The monoisotopic (exact) mass is 806 g/mol. The molecule has 53 heavy (non-hydrogen) atoms. The summed E-state index contributed by atoms with van der Waals surface area (Å²) in [5.74, 6) is 1.24. The van der Waals surface area contributed by atoms with Gasteiger partial charge in [-0.15, -0.1) is 64.4 Å². The number of rotatable bonds is 7. The number of piperidine rings is 2. The topological polar surface area (TPSA) is 128 Å². The third-order valence-corrected chi connectivity index (χ3v) is 12.6. The molecule has 0 saturated carbocycles. The summed E-state index contributed by atoms with van der Waals surface area (Å²) in [6.45, 7) is 3.43. The van der Waals surface area contributed by atoms with Gasteiger partial charge in [-0.3, -0.25) is 9.59 Å². The Morgan fingerprint density at radius 1 is 0.698 bits per heavy atom. The number of benzene rings is 2. The summed E-state index contributed by atoms with van der Waals surface area (Å²) < 4.78 is 1.14. The lowest BCUT2D eigenvalue weighted by Gasteiger charge is -2.33. The van der Waals surface area contributed by atoms with E-state index in [1.165, 1.54) is 32.3 Å². The zero-order valence-corrected chi connectivity index (χ0v) is 33.0. The van der Waals surface area contributed by atoms with Crippen molar-refractivity contribution >= 4 is 69.5 Å². The maximum atomic E-state index is 13.1. The summed E-state index contributed by atoms with van der Waals surface area (Å²) in [7, 11) is 0. The van der Waals surface area contributed by atoms with Crippen molar-refractivity contribution in [3.05, 3.63) is 109 Å². The molecule has 2 atom stereocenters. The molecule has 8 rings (SSSR count). The van der Waals surface area contributed by atoms with Gasteiger partial charge >= 0.3 is 0 Å². The highest BCUT2D eigenvalue weighted by atomic mass is 35.5. The third kappa shape index (κ3) is 8.65. The van der Waals surface area contributed by atoms with E-state index in [-0.39, 0.29) is 23.9 Å². The first-order valence-corrected chi connectivity index (χ1v) is 20.8. The largest absolute Gasteiger partial charge is 0.328 e. The number of thioether (sulfide) groups is 1. The zero-order chi connectivity index (χ0) is 36.9. The van der Waals surface area contributed by atoms with E-state index >= 15 is 0 Å². The SMILES string of the molecule is CSc1ccc(C(=O)N2CCCCC2c2nnn(-c3cccc(Cl)c3)n2)s1.Cc1ccc(C(=O)N2CCCCC2c2nnn(-c3cccc(Cl)c3)n2)s1. The van der Waals surface area contributed by atoms with Crippen LogP contribution >= 0.6 is 57.6 Å². The fraction of sp³-hybridized carbons (Fsp3) is 0.333. The predicted molar refractivity (Wildman–Crippen MR) is 209 cm³/mol.